The van der Waals surface area contributed by atoms with Crippen LogP contribution >= 0.6 is 0 Å². The van der Waals surface area contributed by atoms with Crippen LogP contribution in [-0.4, -0.2) is 44.7 Å². The van der Waals surface area contributed by atoms with Crippen molar-refractivity contribution in [2.45, 2.75) is 25.4 Å². The lowest BCUT2D eigenvalue weighted by Crippen LogP contribution is -2.49. The third-order valence-electron chi connectivity index (χ3n) is 6.28. The van der Waals surface area contributed by atoms with E-state index in [2.05, 4.69) is 20.4 Å². The number of hydrogen-bond donors (Lipinski definition) is 1. The summed E-state index contributed by atoms with van der Waals surface area (Å²) in [6.45, 7) is 1.95. The van der Waals surface area contributed by atoms with Gasteiger partial charge in [-0.05, 0) is 12.0 Å². The molecule has 2 amide bonds. The van der Waals surface area contributed by atoms with Crippen LogP contribution in [0.15, 0.2) is 42.9 Å². The summed E-state index contributed by atoms with van der Waals surface area (Å²) in [5.74, 6) is -2.06. The number of nitrogens with one attached hydrogen (secondary N) is 1. The minimum atomic E-state index is -0.861. The normalized spacial score (nSPS) is 23.9. The zero-order valence-corrected chi connectivity index (χ0v) is 17.4. The summed E-state index contributed by atoms with van der Waals surface area (Å²) < 4.78 is 29.6. The van der Waals surface area contributed by atoms with Gasteiger partial charge in [0, 0.05) is 36.8 Å². The predicted molar refractivity (Wildman–Crippen MR) is 110 cm³/mol. The van der Waals surface area contributed by atoms with E-state index < -0.39 is 29.3 Å². The highest BCUT2D eigenvalue weighted by Crippen LogP contribution is 2.58. The van der Waals surface area contributed by atoms with Gasteiger partial charge in [0.05, 0.1) is 18.4 Å². The average molecular weight is 438 g/mol. The summed E-state index contributed by atoms with van der Waals surface area (Å²) in [7, 11) is 1.58. The van der Waals surface area contributed by atoms with Crippen LogP contribution in [0.4, 0.5) is 14.6 Å². The number of benzene rings is 1. The molecule has 0 unspecified atom stereocenters. The molecule has 1 fully saturated rings. The van der Waals surface area contributed by atoms with E-state index in [-0.39, 0.29) is 30.2 Å². The molecule has 0 saturated heterocycles. The quantitative estimate of drug-likeness (QED) is 0.674. The van der Waals surface area contributed by atoms with Gasteiger partial charge in [0.25, 0.3) is 11.8 Å². The number of carbonyl (C=O) groups is 2. The monoisotopic (exact) mass is 438 g/mol. The lowest BCUT2D eigenvalue weighted by Gasteiger charge is -2.23. The van der Waals surface area contributed by atoms with Gasteiger partial charge >= 0.3 is 0 Å². The van der Waals surface area contributed by atoms with Crippen molar-refractivity contribution in [3.05, 3.63) is 71.4 Å². The molecule has 0 spiro atoms. The first-order valence-corrected chi connectivity index (χ1v) is 10.2. The van der Waals surface area contributed by atoms with Crippen LogP contribution in [0.25, 0.3) is 0 Å². The summed E-state index contributed by atoms with van der Waals surface area (Å²) in [6, 6.07) is 5.21. The Kier molecular flexibility index (Phi) is 4.72. The lowest BCUT2D eigenvalue weighted by atomic mass is 10.1. The van der Waals surface area contributed by atoms with E-state index in [4.69, 9.17) is 0 Å². The van der Waals surface area contributed by atoms with Crippen molar-refractivity contribution in [2.75, 3.05) is 11.9 Å². The maximum atomic E-state index is 14.5. The Bertz CT molecular complexity index is 1230. The van der Waals surface area contributed by atoms with E-state index in [1.807, 2.05) is 6.92 Å². The third-order valence-corrected chi connectivity index (χ3v) is 6.28. The number of halogens is 2. The summed E-state index contributed by atoms with van der Waals surface area (Å²) in [4.78, 5) is 36.0. The minimum Gasteiger partial charge on any atom is -0.338 e. The Hall–Kier alpha value is -3.69. The number of carbonyl (C=O) groups excluding carboxylic acids is 2. The molecule has 32 heavy (non-hydrogen) atoms. The number of fused-ring (bicyclic) bond motifs is 3. The summed E-state index contributed by atoms with van der Waals surface area (Å²) >= 11 is 0. The molecule has 1 aliphatic carbocycles. The largest absolute Gasteiger partial charge is 0.338 e. The lowest BCUT2D eigenvalue weighted by molar-refractivity contribution is -0.120. The van der Waals surface area contributed by atoms with Crippen LogP contribution in [0, 0.1) is 23.5 Å². The molecule has 4 atom stereocenters. The van der Waals surface area contributed by atoms with Crippen molar-refractivity contribution in [2.24, 2.45) is 11.8 Å². The molecular formula is C22H20F2N6O2. The van der Waals surface area contributed by atoms with Gasteiger partial charge < -0.3 is 5.32 Å². The van der Waals surface area contributed by atoms with E-state index in [0.29, 0.717) is 11.4 Å². The summed E-state index contributed by atoms with van der Waals surface area (Å²) in [6.07, 6.45) is 4.13. The van der Waals surface area contributed by atoms with E-state index in [1.165, 1.54) is 17.2 Å². The van der Waals surface area contributed by atoms with Gasteiger partial charge in [-0.3, -0.25) is 24.2 Å². The number of rotatable bonds is 4. The van der Waals surface area contributed by atoms with Crippen molar-refractivity contribution in [3.8, 4) is 0 Å². The Morgan fingerprint density at radius 2 is 1.91 bits per heavy atom. The predicted octanol–water partition coefficient (Wildman–Crippen LogP) is 2.12. The Morgan fingerprint density at radius 3 is 2.69 bits per heavy atom. The number of likely N-dealkylation sites (N-methyl/N-ethyl adjacent to an activating group) is 1. The number of nitrogens with zero attached hydrogens (tertiary/aromatic N) is 5. The van der Waals surface area contributed by atoms with Crippen LogP contribution < -0.4 is 10.2 Å². The molecule has 2 aromatic heterocycles. The van der Waals surface area contributed by atoms with Crippen LogP contribution in [0.2, 0.25) is 0 Å². The number of aromatic nitrogens is 4. The van der Waals surface area contributed by atoms with Crippen molar-refractivity contribution in [1.82, 2.24) is 25.1 Å². The second-order valence-corrected chi connectivity index (χ2v) is 8.19. The molecule has 1 N–H and O–H groups in total. The zero-order chi connectivity index (χ0) is 22.6. The van der Waals surface area contributed by atoms with Crippen molar-refractivity contribution in [3.63, 3.8) is 0 Å². The fourth-order valence-corrected chi connectivity index (χ4v) is 4.55. The Labute approximate surface area is 182 Å². The first-order valence-electron chi connectivity index (χ1n) is 10.2. The molecule has 0 radical (unpaired) electrons. The molecule has 10 heteroatoms. The Morgan fingerprint density at radius 1 is 1.16 bits per heavy atom. The average Bonchev–Trinajstić information content (AvgIpc) is 3.32. The Balaban J connectivity index is 1.38. The second-order valence-electron chi connectivity index (χ2n) is 8.19. The van der Waals surface area contributed by atoms with Crippen LogP contribution in [0.3, 0.4) is 0 Å². The summed E-state index contributed by atoms with van der Waals surface area (Å²) in [5.41, 5.74) is 0.590. The van der Waals surface area contributed by atoms with Gasteiger partial charge in [-0.15, -0.1) is 0 Å². The molecule has 0 bridgehead atoms. The maximum absolute atomic E-state index is 14.5. The van der Waals surface area contributed by atoms with Crippen molar-refractivity contribution in [1.29, 1.82) is 0 Å². The smallest absolute Gasteiger partial charge is 0.275 e. The fraction of sp³-hybridized carbons (Fsp3) is 0.318. The SMILES string of the molecule is C[C@H]1[C@H]2c3nccnc3N(C)C(=O)[C@@H](NC(=O)c3nn(Cc4ccccc4F)cc3F)[C@@H]12. The highest BCUT2D eigenvalue weighted by atomic mass is 19.1. The van der Waals surface area contributed by atoms with Gasteiger partial charge in [-0.2, -0.15) is 5.10 Å². The van der Waals surface area contributed by atoms with Crippen LogP contribution in [0.5, 0.6) is 0 Å². The summed E-state index contributed by atoms with van der Waals surface area (Å²) in [5, 5.41) is 6.66. The first kappa shape index (κ1) is 20.2. The molecule has 3 heterocycles. The standard InChI is InChI=1S/C22H20F2N6O2/c1-11-15-16(11)19(22(32)29(2)20-18(15)25-7-8-26-20)27-21(31)17-14(24)10-30(28-17)9-12-5-3-4-6-13(12)23/h3-8,10-11,15-16,19H,9H2,1-2H3,(H,27,31)/t11-,15+,16-,19-/m0/s1. The van der Waals surface area contributed by atoms with Gasteiger partial charge in [-0.1, -0.05) is 25.1 Å². The van der Waals surface area contributed by atoms with Gasteiger partial charge in [0.2, 0.25) is 0 Å². The topological polar surface area (TPSA) is 93.0 Å². The minimum absolute atomic E-state index is 0.0265. The van der Waals surface area contributed by atoms with Crippen molar-refractivity contribution >= 4 is 17.6 Å². The van der Waals surface area contributed by atoms with E-state index in [0.717, 1.165) is 16.6 Å². The molecule has 8 nitrogen and oxygen atoms in total. The fourth-order valence-electron chi connectivity index (χ4n) is 4.55. The van der Waals surface area contributed by atoms with Gasteiger partial charge in [0.1, 0.15) is 11.9 Å². The van der Waals surface area contributed by atoms with E-state index in [1.54, 1.807) is 31.4 Å². The second kappa shape index (κ2) is 7.47. The molecule has 164 valence electrons. The number of anilines is 1. The van der Waals surface area contributed by atoms with Crippen LogP contribution in [0.1, 0.15) is 34.6 Å². The molecule has 5 rings (SSSR count). The highest BCUT2D eigenvalue weighted by Gasteiger charge is 2.59. The molecular weight excluding hydrogens is 418 g/mol. The number of hydrogen-bond acceptors (Lipinski definition) is 5. The first-order chi connectivity index (χ1) is 15.4. The van der Waals surface area contributed by atoms with E-state index >= 15 is 0 Å². The van der Waals surface area contributed by atoms with Gasteiger partial charge in [-0.25, -0.2) is 13.8 Å². The maximum Gasteiger partial charge on any atom is 0.275 e. The molecule has 3 aromatic rings. The molecule has 2 aliphatic rings. The van der Waals surface area contributed by atoms with E-state index in [9.17, 15) is 18.4 Å². The molecule has 1 aliphatic heterocycles. The molecule has 1 saturated carbocycles. The van der Waals surface area contributed by atoms with Crippen LogP contribution in [-0.2, 0) is 11.3 Å². The third kappa shape index (κ3) is 3.22. The van der Waals surface area contributed by atoms with Crippen molar-refractivity contribution < 1.29 is 18.4 Å². The van der Waals surface area contributed by atoms with Gasteiger partial charge in [0.15, 0.2) is 17.3 Å². The number of amides is 2. The highest BCUT2D eigenvalue weighted by molar-refractivity contribution is 6.02. The zero-order valence-electron chi connectivity index (χ0n) is 17.4. The molecule has 1 aromatic carbocycles.